The van der Waals surface area contributed by atoms with E-state index in [1.807, 2.05) is 18.2 Å². The molecule has 3 nitrogen and oxygen atoms in total. The number of carbonyl (C=O) groups is 1. The van der Waals surface area contributed by atoms with Crippen LogP contribution in [0.1, 0.15) is 23.6 Å². The summed E-state index contributed by atoms with van der Waals surface area (Å²) in [7, 11) is 0. The van der Waals surface area contributed by atoms with E-state index in [-0.39, 0.29) is 6.04 Å². The lowest BCUT2D eigenvalue weighted by Crippen LogP contribution is -2.32. The van der Waals surface area contributed by atoms with Crippen LogP contribution in [0.5, 0.6) is 0 Å². The maximum Gasteiger partial charge on any atom is 0.308 e. The topological polar surface area (TPSA) is 63.3 Å². The summed E-state index contributed by atoms with van der Waals surface area (Å²) in [6.45, 7) is 0. The van der Waals surface area contributed by atoms with Gasteiger partial charge in [0.25, 0.3) is 0 Å². The number of hydrogen-bond donors (Lipinski definition) is 2. The Kier molecular flexibility index (Phi) is 2.80. The molecule has 0 saturated carbocycles. The molecule has 2 rings (SSSR count). The zero-order valence-electron chi connectivity index (χ0n) is 8.11. The van der Waals surface area contributed by atoms with Gasteiger partial charge < -0.3 is 10.8 Å². The zero-order valence-corrected chi connectivity index (χ0v) is 9.70. The molecule has 0 radical (unpaired) electrons. The van der Waals surface area contributed by atoms with Crippen LogP contribution in [0.4, 0.5) is 0 Å². The summed E-state index contributed by atoms with van der Waals surface area (Å²) in [4.78, 5) is 11.0. The molecule has 0 bridgehead atoms. The highest BCUT2D eigenvalue weighted by atomic mass is 79.9. The third-order valence-electron chi connectivity index (χ3n) is 2.97. The highest BCUT2D eigenvalue weighted by Crippen LogP contribution is 2.36. The molecule has 2 atom stereocenters. The monoisotopic (exact) mass is 269 g/mol. The fraction of sp³-hybridized carbons (Fsp3) is 0.364. The van der Waals surface area contributed by atoms with Crippen LogP contribution in [0, 0.1) is 5.92 Å². The summed E-state index contributed by atoms with van der Waals surface area (Å²) < 4.78 is 1.03. The first-order valence-electron chi connectivity index (χ1n) is 4.87. The number of aliphatic carboxylic acids is 1. The molecule has 1 aliphatic carbocycles. The van der Waals surface area contributed by atoms with Crippen molar-refractivity contribution in [2.75, 3.05) is 0 Å². The Labute approximate surface area is 96.4 Å². The molecular formula is C11H12BrNO2. The Balaban J connectivity index is 2.42. The van der Waals surface area contributed by atoms with Crippen LogP contribution < -0.4 is 5.73 Å². The van der Waals surface area contributed by atoms with E-state index >= 15 is 0 Å². The van der Waals surface area contributed by atoms with Crippen molar-refractivity contribution in [1.82, 2.24) is 0 Å². The van der Waals surface area contributed by atoms with Crippen LogP contribution in [0.25, 0.3) is 0 Å². The summed E-state index contributed by atoms with van der Waals surface area (Å²) in [5.41, 5.74) is 8.07. The van der Waals surface area contributed by atoms with Gasteiger partial charge in [-0.1, -0.05) is 28.1 Å². The Morgan fingerprint density at radius 1 is 1.53 bits per heavy atom. The van der Waals surface area contributed by atoms with Crippen molar-refractivity contribution in [2.24, 2.45) is 11.7 Å². The van der Waals surface area contributed by atoms with Gasteiger partial charge in [0.2, 0.25) is 0 Å². The fourth-order valence-electron chi connectivity index (χ4n) is 2.12. The van der Waals surface area contributed by atoms with Crippen LogP contribution in [-0.4, -0.2) is 11.1 Å². The molecule has 0 saturated heterocycles. The van der Waals surface area contributed by atoms with Gasteiger partial charge in [0.15, 0.2) is 0 Å². The second-order valence-electron chi connectivity index (χ2n) is 3.82. The van der Waals surface area contributed by atoms with Gasteiger partial charge in [-0.3, -0.25) is 4.79 Å². The SMILES string of the molecule is NC1c2cccc(Br)c2CCC1C(=O)O. The van der Waals surface area contributed by atoms with E-state index in [0.717, 1.165) is 22.0 Å². The first kappa shape index (κ1) is 10.6. The maximum atomic E-state index is 11.0. The predicted molar refractivity (Wildman–Crippen MR) is 60.5 cm³/mol. The number of carboxylic acids is 1. The first-order chi connectivity index (χ1) is 7.11. The highest BCUT2D eigenvalue weighted by molar-refractivity contribution is 9.10. The van der Waals surface area contributed by atoms with Crippen LogP contribution in [0.2, 0.25) is 0 Å². The van der Waals surface area contributed by atoms with E-state index in [9.17, 15) is 4.79 Å². The number of fused-ring (bicyclic) bond motifs is 1. The minimum absolute atomic E-state index is 0.385. The van der Waals surface area contributed by atoms with E-state index in [1.54, 1.807) is 0 Å². The Morgan fingerprint density at radius 2 is 2.27 bits per heavy atom. The van der Waals surface area contributed by atoms with Crippen molar-refractivity contribution in [3.63, 3.8) is 0 Å². The van der Waals surface area contributed by atoms with Gasteiger partial charge in [-0.05, 0) is 30.0 Å². The molecule has 0 aliphatic heterocycles. The van der Waals surface area contributed by atoms with Crippen molar-refractivity contribution in [3.05, 3.63) is 33.8 Å². The van der Waals surface area contributed by atoms with Gasteiger partial charge in [-0.2, -0.15) is 0 Å². The highest BCUT2D eigenvalue weighted by Gasteiger charge is 2.32. The minimum Gasteiger partial charge on any atom is -0.481 e. The molecule has 0 aromatic heterocycles. The van der Waals surface area contributed by atoms with Crippen molar-refractivity contribution in [3.8, 4) is 0 Å². The standard InChI is InChI=1S/C11H12BrNO2/c12-9-3-1-2-7-6(9)4-5-8(10(7)13)11(14)15/h1-3,8,10H,4-5,13H2,(H,14,15). The first-order valence-corrected chi connectivity index (χ1v) is 5.66. The average Bonchev–Trinajstić information content (AvgIpc) is 2.19. The third-order valence-corrected chi connectivity index (χ3v) is 3.71. The Bertz CT molecular complexity index is 406. The van der Waals surface area contributed by atoms with Crippen LogP contribution >= 0.6 is 15.9 Å². The number of benzene rings is 1. The largest absolute Gasteiger partial charge is 0.481 e. The zero-order chi connectivity index (χ0) is 11.0. The van der Waals surface area contributed by atoms with Gasteiger partial charge in [-0.25, -0.2) is 0 Å². The maximum absolute atomic E-state index is 11.0. The number of rotatable bonds is 1. The molecule has 15 heavy (non-hydrogen) atoms. The molecule has 0 heterocycles. The van der Waals surface area contributed by atoms with Gasteiger partial charge >= 0.3 is 5.97 Å². The van der Waals surface area contributed by atoms with Crippen LogP contribution in [0.3, 0.4) is 0 Å². The minimum atomic E-state index is -0.798. The lowest BCUT2D eigenvalue weighted by atomic mass is 9.80. The Hall–Kier alpha value is -0.870. The Morgan fingerprint density at radius 3 is 2.93 bits per heavy atom. The number of halogens is 1. The molecule has 80 valence electrons. The van der Waals surface area contributed by atoms with Crippen LogP contribution in [0.15, 0.2) is 22.7 Å². The molecule has 0 fully saturated rings. The molecule has 0 amide bonds. The molecule has 4 heteroatoms. The number of carboxylic acid groups (broad SMARTS) is 1. The van der Waals surface area contributed by atoms with Crippen molar-refractivity contribution in [1.29, 1.82) is 0 Å². The number of hydrogen-bond acceptors (Lipinski definition) is 2. The number of nitrogens with two attached hydrogens (primary N) is 1. The molecular weight excluding hydrogens is 258 g/mol. The van der Waals surface area contributed by atoms with Gasteiger partial charge in [0.1, 0.15) is 0 Å². The molecule has 2 unspecified atom stereocenters. The summed E-state index contributed by atoms with van der Waals surface area (Å²) in [5.74, 6) is -1.25. The van der Waals surface area contributed by atoms with Gasteiger partial charge in [0, 0.05) is 10.5 Å². The summed E-state index contributed by atoms with van der Waals surface area (Å²) in [6.07, 6.45) is 1.40. The lowest BCUT2D eigenvalue weighted by molar-refractivity contribution is -0.143. The summed E-state index contributed by atoms with van der Waals surface area (Å²) in [6, 6.07) is 5.39. The molecule has 1 aromatic carbocycles. The quantitative estimate of drug-likeness (QED) is 0.821. The van der Waals surface area contributed by atoms with Crippen molar-refractivity contribution < 1.29 is 9.90 Å². The van der Waals surface area contributed by atoms with E-state index in [1.165, 1.54) is 0 Å². The summed E-state index contributed by atoms with van der Waals surface area (Å²) >= 11 is 3.46. The molecule has 0 spiro atoms. The fourth-order valence-corrected chi connectivity index (χ4v) is 2.70. The predicted octanol–water partition coefficient (Wildman–Crippen LogP) is 2.10. The smallest absolute Gasteiger partial charge is 0.308 e. The summed E-state index contributed by atoms with van der Waals surface area (Å²) in [5, 5.41) is 9.01. The van der Waals surface area contributed by atoms with Crippen molar-refractivity contribution in [2.45, 2.75) is 18.9 Å². The molecule has 1 aliphatic rings. The van der Waals surface area contributed by atoms with Gasteiger partial charge in [0.05, 0.1) is 5.92 Å². The van der Waals surface area contributed by atoms with E-state index in [4.69, 9.17) is 10.8 Å². The normalized spacial score (nSPS) is 24.7. The average molecular weight is 270 g/mol. The van der Waals surface area contributed by atoms with Gasteiger partial charge in [-0.15, -0.1) is 0 Å². The second-order valence-corrected chi connectivity index (χ2v) is 4.67. The lowest BCUT2D eigenvalue weighted by Gasteiger charge is -2.28. The van der Waals surface area contributed by atoms with E-state index in [0.29, 0.717) is 6.42 Å². The molecule has 3 N–H and O–H groups in total. The second kappa shape index (κ2) is 3.94. The third kappa shape index (κ3) is 1.79. The van der Waals surface area contributed by atoms with Crippen molar-refractivity contribution >= 4 is 21.9 Å². The molecule has 1 aromatic rings. The van der Waals surface area contributed by atoms with E-state index < -0.39 is 11.9 Å². The van der Waals surface area contributed by atoms with Crippen LogP contribution in [-0.2, 0) is 11.2 Å². The van der Waals surface area contributed by atoms with E-state index in [2.05, 4.69) is 15.9 Å².